The first-order chi connectivity index (χ1) is 24.7. The molecule has 0 aliphatic carbocycles. The summed E-state index contributed by atoms with van der Waals surface area (Å²) in [5.41, 5.74) is 9.36. The summed E-state index contributed by atoms with van der Waals surface area (Å²) in [5.74, 6) is 0. The molecule has 5 nitrogen and oxygen atoms in total. The molecule has 0 bridgehead atoms. The Bertz CT molecular complexity index is 3290. The van der Waals surface area contributed by atoms with Crippen LogP contribution in [0.5, 0.6) is 0 Å². The van der Waals surface area contributed by atoms with Gasteiger partial charge in [0.05, 0.1) is 50.7 Å². The molecule has 6 heteroatoms. The third kappa shape index (κ3) is 3.58. The third-order valence-corrected chi connectivity index (χ3v) is 11.3. The number of fused-ring (bicyclic) bond motifs is 13. The van der Waals surface area contributed by atoms with Crippen molar-refractivity contribution < 1.29 is 4.42 Å². The lowest BCUT2D eigenvalue weighted by Crippen LogP contribution is -1.94. The van der Waals surface area contributed by atoms with Gasteiger partial charge in [-0.1, -0.05) is 36.4 Å². The molecule has 50 heavy (non-hydrogen) atoms. The minimum Gasteiger partial charge on any atom is -0.455 e. The van der Waals surface area contributed by atoms with E-state index in [2.05, 4.69) is 106 Å². The summed E-state index contributed by atoms with van der Waals surface area (Å²) in [6, 6.07) is 50.8. The minimum atomic E-state index is 0.594. The van der Waals surface area contributed by atoms with Gasteiger partial charge < -0.3 is 13.6 Å². The highest BCUT2D eigenvalue weighted by molar-refractivity contribution is 7.25. The average Bonchev–Trinajstić information content (AvgIpc) is 3.91. The predicted molar refractivity (Wildman–Crippen MR) is 205 cm³/mol. The van der Waals surface area contributed by atoms with Crippen molar-refractivity contribution in [1.29, 1.82) is 10.5 Å². The molecule has 0 N–H and O–H groups in total. The topological polar surface area (TPSA) is 70.6 Å². The van der Waals surface area contributed by atoms with Crippen LogP contribution in [0.25, 0.3) is 97.1 Å². The molecule has 0 saturated carbocycles. The molecule has 230 valence electrons. The Kier molecular flexibility index (Phi) is 5.34. The first-order valence-electron chi connectivity index (χ1n) is 16.4. The molecule has 11 aromatic rings. The molecule has 0 atom stereocenters. The molecule has 0 spiro atoms. The second kappa shape index (κ2) is 9.84. The van der Waals surface area contributed by atoms with E-state index in [9.17, 15) is 10.5 Å². The zero-order valence-electron chi connectivity index (χ0n) is 26.3. The Morgan fingerprint density at radius 3 is 1.68 bits per heavy atom. The maximum absolute atomic E-state index is 9.66. The standard InChI is InChI=1S/C44H22N4OS/c45-23-25-9-14-37-32(19-25)33-20-26(24-46)10-15-38(33)47(37)27-11-17-41-34(21-27)35-22-28(12-18-42(35)50-41)48-36-7-3-1-6-31(36)43-39(48)16-13-30-29-5-2-4-8-40(29)49-44(30)43/h1-22H. The molecule has 0 fully saturated rings. The number of thiophene rings is 1. The van der Waals surface area contributed by atoms with Crippen LogP contribution in [0, 0.1) is 22.7 Å². The van der Waals surface area contributed by atoms with Crippen LogP contribution in [-0.2, 0) is 0 Å². The fraction of sp³-hybridized carbons (Fsp3) is 0. The number of para-hydroxylation sites is 2. The van der Waals surface area contributed by atoms with E-state index < -0.39 is 0 Å². The molecule has 0 amide bonds. The van der Waals surface area contributed by atoms with Gasteiger partial charge in [-0.3, -0.25) is 0 Å². The zero-order chi connectivity index (χ0) is 33.1. The van der Waals surface area contributed by atoms with Crippen LogP contribution < -0.4 is 0 Å². The van der Waals surface area contributed by atoms with Crippen LogP contribution in [0.3, 0.4) is 0 Å². The number of rotatable bonds is 2. The average molecular weight is 655 g/mol. The lowest BCUT2D eigenvalue weighted by molar-refractivity contribution is 0.673. The van der Waals surface area contributed by atoms with Gasteiger partial charge in [0.1, 0.15) is 11.2 Å². The summed E-state index contributed by atoms with van der Waals surface area (Å²) in [7, 11) is 0. The van der Waals surface area contributed by atoms with Crippen molar-refractivity contribution >= 4 is 97.1 Å². The van der Waals surface area contributed by atoms with Crippen molar-refractivity contribution in [1.82, 2.24) is 9.13 Å². The Morgan fingerprint density at radius 2 is 1.02 bits per heavy atom. The van der Waals surface area contributed by atoms with Gasteiger partial charge in [0.25, 0.3) is 0 Å². The number of hydrogen-bond acceptors (Lipinski definition) is 4. The monoisotopic (exact) mass is 654 g/mol. The van der Waals surface area contributed by atoms with Crippen LogP contribution in [0.15, 0.2) is 138 Å². The molecular formula is C44H22N4OS. The van der Waals surface area contributed by atoms with Crippen LogP contribution in [0.2, 0.25) is 0 Å². The second-order valence-electron chi connectivity index (χ2n) is 12.8. The van der Waals surface area contributed by atoms with Crippen LogP contribution in [0.4, 0.5) is 0 Å². The summed E-state index contributed by atoms with van der Waals surface area (Å²) >= 11 is 1.80. The quantitative estimate of drug-likeness (QED) is 0.186. The van der Waals surface area contributed by atoms with Gasteiger partial charge in [0.2, 0.25) is 0 Å². The van der Waals surface area contributed by atoms with Crippen molar-refractivity contribution in [3.05, 3.63) is 145 Å². The molecule has 0 unspecified atom stereocenters. The summed E-state index contributed by atoms with van der Waals surface area (Å²) in [6.07, 6.45) is 0. The third-order valence-electron chi connectivity index (χ3n) is 10.2. The largest absolute Gasteiger partial charge is 0.455 e. The molecule has 0 radical (unpaired) electrons. The number of benzene rings is 7. The first-order valence-corrected chi connectivity index (χ1v) is 17.2. The van der Waals surface area contributed by atoms with Crippen molar-refractivity contribution in [3.63, 3.8) is 0 Å². The Balaban J connectivity index is 1.16. The number of furan rings is 1. The minimum absolute atomic E-state index is 0.594. The number of hydrogen-bond donors (Lipinski definition) is 0. The highest BCUT2D eigenvalue weighted by Gasteiger charge is 2.20. The van der Waals surface area contributed by atoms with Crippen molar-refractivity contribution in [2.24, 2.45) is 0 Å². The molecule has 0 saturated heterocycles. The molecular weight excluding hydrogens is 633 g/mol. The fourth-order valence-corrected chi connectivity index (χ4v) is 9.05. The molecule has 0 aliphatic heterocycles. The van der Waals surface area contributed by atoms with E-state index in [1.54, 1.807) is 11.3 Å². The van der Waals surface area contributed by atoms with Crippen molar-refractivity contribution in [2.45, 2.75) is 0 Å². The van der Waals surface area contributed by atoms with E-state index in [4.69, 9.17) is 4.42 Å². The van der Waals surface area contributed by atoms with Gasteiger partial charge in [-0.05, 0) is 97.1 Å². The molecule has 0 aliphatic rings. The smallest absolute Gasteiger partial charge is 0.145 e. The molecule has 4 aromatic heterocycles. The molecule has 11 rings (SSSR count). The lowest BCUT2D eigenvalue weighted by atomic mass is 10.1. The van der Waals surface area contributed by atoms with Gasteiger partial charge in [-0.25, -0.2) is 0 Å². The van der Waals surface area contributed by atoms with Crippen LogP contribution in [-0.4, -0.2) is 9.13 Å². The Labute approximate surface area is 288 Å². The Hall–Kier alpha value is -6.86. The first kappa shape index (κ1) is 27.1. The summed E-state index contributed by atoms with van der Waals surface area (Å²) in [6.45, 7) is 0. The van der Waals surface area contributed by atoms with Gasteiger partial charge in [0.15, 0.2) is 0 Å². The normalized spacial score (nSPS) is 12.0. The number of aromatic nitrogens is 2. The van der Waals surface area contributed by atoms with E-state index in [0.29, 0.717) is 11.1 Å². The zero-order valence-corrected chi connectivity index (χ0v) is 27.1. The van der Waals surface area contributed by atoms with E-state index in [1.807, 2.05) is 48.5 Å². The lowest BCUT2D eigenvalue weighted by Gasteiger charge is -2.10. The van der Waals surface area contributed by atoms with Gasteiger partial charge >= 0.3 is 0 Å². The molecule has 7 aromatic carbocycles. The van der Waals surface area contributed by atoms with Crippen LogP contribution >= 0.6 is 11.3 Å². The number of nitrogens with zero attached hydrogens (tertiary/aromatic N) is 4. The van der Waals surface area contributed by atoms with Crippen molar-refractivity contribution in [2.75, 3.05) is 0 Å². The SMILES string of the molecule is N#Cc1ccc2c(c1)c1cc(C#N)ccc1n2-c1ccc2sc3ccc(-n4c5ccccc5c5c6oc7ccccc7c6ccc54)cc3c2c1. The predicted octanol–water partition coefficient (Wildman–Crippen LogP) is 11.9. The number of nitriles is 2. The molecule has 4 heterocycles. The van der Waals surface area contributed by atoms with Crippen molar-refractivity contribution in [3.8, 4) is 23.5 Å². The second-order valence-corrected chi connectivity index (χ2v) is 13.9. The summed E-state index contributed by atoms with van der Waals surface area (Å²) in [5, 5.41) is 28.1. The summed E-state index contributed by atoms with van der Waals surface area (Å²) < 4.78 is 13.6. The van der Waals surface area contributed by atoms with Gasteiger partial charge in [-0.2, -0.15) is 10.5 Å². The maximum Gasteiger partial charge on any atom is 0.145 e. The van der Waals surface area contributed by atoms with E-state index >= 15 is 0 Å². The van der Waals surface area contributed by atoms with E-state index in [-0.39, 0.29) is 0 Å². The Morgan fingerprint density at radius 1 is 0.460 bits per heavy atom. The fourth-order valence-electron chi connectivity index (χ4n) is 7.99. The highest BCUT2D eigenvalue weighted by Crippen LogP contribution is 2.43. The maximum atomic E-state index is 9.66. The summed E-state index contributed by atoms with van der Waals surface area (Å²) in [4.78, 5) is 0. The van der Waals surface area contributed by atoms with E-state index in [0.717, 1.165) is 76.9 Å². The van der Waals surface area contributed by atoms with Gasteiger partial charge in [-0.15, -0.1) is 11.3 Å². The van der Waals surface area contributed by atoms with E-state index in [1.165, 1.54) is 20.2 Å². The van der Waals surface area contributed by atoms with Crippen LogP contribution in [0.1, 0.15) is 11.1 Å². The highest BCUT2D eigenvalue weighted by atomic mass is 32.1. The van der Waals surface area contributed by atoms with Gasteiger partial charge in [0, 0.05) is 58.5 Å².